The molecule has 3 rings (SSSR count). The van der Waals surface area contributed by atoms with E-state index in [1.54, 1.807) is 7.11 Å². The van der Waals surface area contributed by atoms with Gasteiger partial charge in [0.25, 0.3) is 0 Å². The van der Waals surface area contributed by atoms with E-state index >= 15 is 0 Å². The van der Waals surface area contributed by atoms with E-state index in [0.717, 1.165) is 41.4 Å². The fourth-order valence-electron chi connectivity index (χ4n) is 2.98. The van der Waals surface area contributed by atoms with Gasteiger partial charge in [-0.3, -0.25) is 0 Å². The number of hydrogen-bond donors (Lipinski definition) is 3. The van der Waals surface area contributed by atoms with Crippen molar-refractivity contribution in [3.05, 3.63) is 35.5 Å². The van der Waals surface area contributed by atoms with Gasteiger partial charge in [0, 0.05) is 24.6 Å². The Balaban J connectivity index is 1.70. The highest BCUT2D eigenvalue weighted by molar-refractivity contribution is 5.46. The Morgan fingerprint density at radius 2 is 2.00 bits per heavy atom. The third-order valence-electron chi connectivity index (χ3n) is 4.36. The molecule has 1 aromatic carbocycles. The highest BCUT2D eigenvalue weighted by atomic mass is 16.5. The largest absolute Gasteiger partial charge is 0.493 e. The van der Waals surface area contributed by atoms with E-state index in [0.29, 0.717) is 19.1 Å². The van der Waals surface area contributed by atoms with Crippen molar-refractivity contribution in [2.24, 2.45) is 5.73 Å². The third-order valence-corrected chi connectivity index (χ3v) is 4.36. The van der Waals surface area contributed by atoms with E-state index in [4.69, 9.17) is 20.9 Å². The number of hydrogen-bond acceptors (Lipinski definition) is 7. The zero-order valence-corrected chi connectivity index (χ0v) is 14.7. The Labute approximate surface area is 147 Å². The molecule has 0 amide bonds. The molecule has 1 heterocycles. The molecule has 1 fully saturated rings. The van der Waals surface area contributed by atoms with Gasteiger partial charge in [-0.05, 0) is 37.5 Å². The number of nitrogens with zero attached hydrogens (tertiary/aromatic N) is 2. The first kappa shape index (κ1) is 17.3. The number of nitrogens with one attached hydrogen (secondary N) is 1. The molecule has 0 saturated heterocycles. The summed E-state index contributed by atoms with van der Waals surface area (Å²) < 4.78 is 10.9. The van der Waals surface area contributed by atoms with Gasteiger partial charge in [0.05, 0.1) is 19.4 Å². The molecule has 25 heavy (non-hydrogen) atoms. The molecule has 7 nitrogen and oxygen atoms in total. The van der Waals surface area contributed by atoms with Crippen LogP contribution in [0.5, 0.6) is 11.5 Å². The van der Waals surface area contributed by atoms with E-state index in [1.165, 1.54) is 0 Å². The first-order chi connectivity index (χ1) is 12.1. The summed E-state index contributed by atoms with van der Waals surface area (Å²) in [4.78, 5) is 8.61. The van der Waals surface area contributed by atoms with Crippen molar-refractivity contribution in [3.8, 4) is 11.5 Å². The van der Waals surface area contributed by atoms with Gasteiger partial charge in [-0.1, -0.05) is 6.07 Å². The van der Waals surface area contributed by atoms with Gasteiger partial charge in [-0.25, -0.2) is 4.98 Å². The number of methoxy groups -OCH3 is 1. The van der Waals surface area contributed by atoms with Crippen molar-refractivity contribution in [2.45, 2.75) is 38.3 Å². The molecule has 0 unspecified atom stereocenters. The highest BCUT2D eigenvalue weighted by Gasteiger charge is 2.29. The molecule has 5 N–H and O–H groups in total. The Bertz CT molecular complexity index is 731. The molecular formula is C18H25N5O2. The lowest BCUT2D eigenvalue weighted by Crippen LogP contribution is -2.35. The van der Waals surface area contributed by atoms with Gasteiger partial charge in [0.15, 0.2) is 11.5 Å². The maximum Gasteiger partial charge on any atom is 0.222 e. The summed E-state index contributed by atoms with van der Waals surface area (Å²) in [5.41, 5.74) is 13.7. The molecule has 0 aliphatic heterocycles. The van der Waals surface area contributed by atoms with Crippen molar-refractivity contribution in [3.63, 3.8) is 0 Å². The molecule has 7 heteroatoms. The van der Waals surface area contributed by atoms with Gasteiger partial charge in [-0.15, -0.1) is 0 Å². The predicted molar refractivity (Wildman–Crippen MR) is 97.9 cm³/mol. The summed E-state index contributed by atoms with van der Waals surface area (Å²) in [5.74, 6) is 2.84. The summed E-state index contributed by atoms with van der Waals surface area (Å²) in [5, 5.41) is 3.30. The topological polar surface area (TPSA) is 108 Å². The fraction of sp³-hybridized carbons (Fsp3) is 0.444. The normalized spacial score (nSPS) is 19.2. The number of aromatic nitrogens is 2. The monoisotopic (exact) mass is 343 g/mol. The number of nitrogens with two attached hydrogens (primary N) is 2. The van der Waals surface area contributed by atoms with Crippen LogP contribution in [0.3, 0.4) is 0 Å². The van der Waals surface area contributed by atoms with E-state index in [9.17, 15) is 0 Å². The van der Waals surface area contributed by atoms with Crippen molar-refractivity contribution in [1.82, 2.24) is 9.97 Å². The zero-order valence-electron chi connectivity index (χ0n) is 14.7. The summed E-state index contributed by atoms with van der Waals surface area (Å²) >= 11 is 0. The number of nitrogen functional groups attached to an aromatic ring is 1. The van der Waals surface area contributed by atoms with Crippen LogP contribution in [0.4, 0.5) is 11.8 Å². The lowest BCUT2D eigenvalue weighted by Gasteiger charge is -2.32. The molecule has 134 valence electrons. The highest BCUT2D eigenvalue weighted by Crippen LogP contribution is 2.35. The van der Waals surface area contributed by atoms with Gasteiger partial charge in [-0.2, -0.15) is 4.98 Å². The fourth-order valence-corrected chi connectivity index (χ4v) is 2.98. The van der Waals surface area contributed by atoms with Crippen LogP contribution in [-0.2, 0) is 6.54 Å². The maximum absolute atomic E-state index is 5.87. The van der Waals surface area contributed by atoms with Crippen LogP contribution < -0.4 is 26.3 Å². The molecule has 0 atom stereocenters. The summed E-state index contributed by atoms with van der Waals surface area (Å²) in [7, 11) is 1.63. The van der Waals surface area contributed by atoms with Crippen molar-refractivity contribution >= 4 is 11.8 Å². The van der Waals surface area contributed by atoms with Gasteiger partial charge in [0.1, 0.15) is 5.82 Å². The van der Waals surface area contributed by atoms with E-state index < -0.39 is 0 Å². The second-order valence-electron chi connectivity index (χ2n) is 6.24. The van der Waals surface area contributed by atoms with Gasteiger partial charge < -0.3 is 26.3 Å². The molecule has 0 bridgehead atoms. The van der Waals surface area contributed by atoms with Crippen LogP contribution >= 0.6 is 0 Å². The summed E-state index contributed by atoms with van der Waals surface area (Å²) in [6, 6.07) is 8.09. The number of rotatable bonds is 7. The van der Waals surface area contributed by atoms with Crippen molar-refractivity contribution < 1.29 is 9.47 Å². The first-order valence-electron chi connectivity index (χ1n) is 8.52. The van der Waals surface area contributed by atoms with E-state index in [-0.39, 0.29) is 12.0 Å². The Kier molecular flexibility index (Phi) is 5.23. The third kappa shape index (κ3) is 4.11. The second kappa shape index (κ2) is 7.57. The molecule has 1 aliphatic carbocycles. The van der Waals surface area contributed by atoms with Crippen LogP contribution in [0, 0.1) is 0 Å². The van der Waals surface area contributed by atoms with Crippen LogP contribution in [0.15, 0.2) is 24.3 Å². The van der Waals surface area contributed by atoms with Gasteiger partial charge in [0.2, 0.25) is 5.95 Å². The van der Waals surface area contributed by atoms with Crippen LogP contribution in [-0.4, -0.2) is 29.7 Å². The number of anilines is 2. The molecule has 1 aromatic heterocycles. The SMILES string of the molecule is CCOc1cc(CNc2cc(C3CC(N)C3)nc(N)n2)ccc1OC. The predicted octanol–water partition coefficient (Wildman–Crippen LogP) is 2.28. The maximum atomic E-state index is 5.87. The second-order valence-corrected chi connectivity index (χ2v) is 6.24. The smallest absolute Gasteiger partial charge is 0.222 e. The van der Waals surface area contributed by atoms with Crippen molar-refractivity contribution in [2.75, 3.05) is 24.8 Å². The van der Waals surface area contributed by atoms with Gasteiger partial charge >= 0.3 is 0 Å². The molecule has 1 aliphatic rings. The minimum atomic E-state index is 0.272. The lowest BCUT2D eigenvalue weighted by molar-refractivity contribution is 0.310. The number of benzene rings is 1. The first-order valence-corrected chi connectivity index (χ1v) is 8.52. The van der Waals surface area contributed by atoms with Crippen molar-refractivity contribution in [1.29, 1.82) is 0 Å². The molecular weight excluding hydrogens is 318 g/mol. The minimum absolute atomic E-state index is 0.272. The van der Waals surface area contributed by atoms with E-state index in [2.05, 4.69) is 15.3 Å². The number of ether oxygens (including phenoxy) is 2. The zero-order chi connectivity index (χ0) is 17.8. The Hall–Kier alpha value is -2.54. The quantitative estimate of drug-likeness (QED) is 0.707. The molecule has 0 radical (unpaired) electrons. The average molecular weight is 343 g/mol. The molecule has 1 saturated carbocycles. The Morgan fingerprint density at radius 3 is 2.68 bits per heavy atom. The molecule has 2 aromatic rings. The molecule has 0 spiro atoms. The summed E-state index contributed by atoms with van der Waals surface area (Å²) in [6.07, 6.45) is 1.90. The average Bonchev–Trinajstić information content (AvgIpc) is 2.57. The minimum Gasteiger partial charge on any atom is -0.493 e. The standard InChI is InChI=1S/C18H25N5O2/c1-3-25-16-6-11(4-5-15(16)24-2)10-21-17-9-14(22-18(20)23-17)12-7-13(19)8-12/h4-6,9,12-13H,3,7-8,10,19H2,1-2H3,(H3,20,21,22,23). The van der Waals surface area contributed by atoms with Crippen LogP contribution in [0.25, 0.3) is 0 Å². The van der Waals surface area contributed by atoms with E-state index in [1.807, 2.05) is 31.2 Å². The Morgan fingerprint density at radius 1 is 1.20 bits per heavy atom. The van der Waals surface area contributed by atoms with Crippen LogP contribution in [0.1, 0.15) is 36.9 Å². The van der Waals surface area contributed by atoms with Crippen LogP contribution in [0.2, 0.25) is 0 Å². The summed E-state index contributed by atoms with van der Waals surface area (Å²) in [6.45, 7) is 3.13. The lowest BCUT2D eigenvalue weighted by atomic mass is 9.78.